The van der Waals surface area contributed by atoms with Crippen LogP contribution in [0.15, 0.2) is 4.36 Å². The van der Waals surface area contributed by atoms with Gasteiger partial charge in [0.2, 0.25) is 0 Å². The average Bonchev–Trinajstić information content (AvgIpc) is 2.02. The van der Waals surface area contributed by atoms with Crippen molar-refractivity contribution in [3.05, 3.63) is 0 Å². The van der Waals surface area contributed by atoms with Crippen molar-refractivity contribution < 1.29 is 9.53 Å². The highest BCUT2D eigenvalue weighted by atomic mass is 32.2. The summed E-state index contributed by atoms with van der Waals surface area (Å²) in [4.78, 5) is 11.3. The van der Waals surface area contributed by atoms with Crippen LogP contribution in [0.4, 0.5) is 4.79 Å². The van der Waals surface area contributed by atoms with E-state index in [-0.39, 0.29) is 10.7 Å². The molecular weight excluding hydrogens is 200 g/mol. The van der Waals surface area contributed by atoms with Crippen molar-refractivity contribution in [3.63, 3.8) is 0 Å². The Morgan fingerprint density at radius 3 is 2.43 bits per heavy atom. The van der Waals surface area contributed by atoms with Gasteiger partial charge in [-0.15, -0.1) is 0 Å². The van der Waals surface area contributed by atoms with Crippen LogP contribution in [0.3, 0.4) is 0 Å². The Bertz CT molecular complexity index is 238. The maximum Gasteiger partial charge on any atom is 0.440 e. The largest absolute Gasteiger partial charge is 0.442 e. The molecule has 1 fully saturated rings. The molecule has 1 heterocycles. The van der Waals surface area contributed by atoms with Gasteiger partial charge in [-0.3, -0.25) is 0 Å². The topological polar surface area (TPSA) is 50.7 Å². The van der Waals surface area contributed by atoms with Gasteiger partial charge in [-0.25, -0.2) is 4.79 Å². The quantitative estimate of drug-likeness (QED) is 0.667. The van der Waals surface area contributed by atoms with E-state index in [4.69, 9.17) is 4.74 Å². The summed E-state index contributed by atoms with van der Waals surface area (Å²) in [5, 5.41) is 3.23. The SMILES string of the molecule is CC(C)(C)OC(=O)N=S1CCNCC1. The zero-order valence-corrected chi connectivity index (χ0v) is 9.82. The van der Waals surface area contributed by atoms with Crippen LogP contribution in [-0.2, 0) is 15.4 Å². The lowest BCUT2D eigenvalue weighted by Crippen LogP contribution is -2.33. The number of nitrogens with one attached hydrogen (secondary N) is 1. The average molecular weight is 218 g/mol. The summed E-state index contributed by atoms with van der Waals surface area (Å²) < 4.78 is 9.17. The lowest BCUT2D eigenvalue weighted by atomic mass is 10.2. The molecule has 1 amide bonds. The lowest BCUT2D eigenvalue weighted by Gasteiger charge is -2.19. The minimum atomic E-state index is -0.433. The van der Waals surface area contributed by atoms with Gasteiger partial charge in [-0.2, -0.15) is 4.36 Å². The molecule has 0 aliphatic carbocycles. The van der Waals surface area contributed by atoms with Gasteiger partial charge in [0.15, 0.2) is 0 Å². The van der Waals surface area contributed by atoms with E-state index in [0.717, 1.165) is 24.6 Å². The highest BCUT2D eigenvalue weighted by Crippen LogP contribution is 2.09. The van der Waals surface area contributed by atoms with E-state index in [1.807, 2.05) is 20.8 Å². The van der Waals surface area contributed by atoms with Gasteiger partial charge in [0.05, 0.1) is 0 Å². The summed E-state index contributed by atoms with van der Waals surface area (Å²) in [7, 11) is -0.121. The fraction of sp³-hybridized carbons (Fsp3) is 0.889. The predicted octanol–water partition coefficient (Wildman–Crippen LogP) is 1.33. The number of hydrogen-bond donors (Lipinski definition) is 1. The van der Waals surface area contributed by atoms with Crippen LogP contribution < -0.4 is 5.32 Å². The Hall–Kier alpha value is -0.420. The number of carbonyl (C=O) groups is 1. The minimum Gasteiger partial charge on any atom is -0.442 e. The Labute approximate surface area is 87.5 Å². The molecule has 1 N–H and O–H groups in total. The Morgan fingerprint density at radius 2 is 1.93 bits per heavy atom. The first-order chi connectivity index (χ1) is 6.47. The van der Waals surface area contributed by atoms with E-state index in [0.29, 0.717) is 0 Å². The maximum atomic E-state index is 11.3. The lowest BCUT2D eigenvalue weighted by molar-refractivity contribution is 0.0608. The van der Waals surface area contributed by atoms with Crippen LogP contribution in [0.5, 0.6) is 0 Å². The van der Waals surface area contributed by atoms with Gasteiger partial charge in [0.1, 0.15) is 5.60 Å². The number of amides is 1. The molecule has 14 heavy (non-hydrogen) atoms. The number of ether oxygens (including phenoxy) is 1. The third-order valence-electron chi connectivity index (χ3n) is 1.63. The normalized spacial score (nSPS) is 19.1. The Balaban J connectivity index is 2.45. The number of rotatable bonds is 0. The summed E-state index contributed by atoms with van der Waals surface area (Å²) >= 11 is 0. The van der Waals surface area contributed by atoms with E-state index in [1.165, 1.54) is 0 Å². The first-order valence-corrected chi connectivity index (χ1v) is 6.32. The van der Waals surface area contributed by atoms with Crippen LogP contribution in [-0.4, -0.2) is 36.3 Å². The van der Waals surface area contributed by atoms with Gasteiger partial charge < -0.3 is 10.1 Å². The van der Waals surface area contributed by atoms with Crippen molar-refractivity contribution in [2.24, 2.45) is 4.36 Å². The van der Waals surface area contributed by atoms with Gasteiger partial charge in [0, 0.05) is 24.6 Å². The van der Waals surface area contributed by atoms with Crippen molar-refractivity contribution in [3.8, 4) is 0 Å². The first kappa shape index (κ1) is 11.7. The molecule has 0 atom stereocenters. The van der Waals surface area contributed by atoms with Gasteiger partial charge in [0.25, 0.3) is 0 Å². The van der Waals surface area contributed by atoms with Crippen molar-refractivity contribution >= 4 is 16.8 Å². The zero-order chi connectivity index (χ0) is 10.6. The fourth-order valence-corrected chi connectivity index (χ4v) is 2.48. The molecule has 0 spiro atoms. The molecule has 1 aliphatic rings. The number of hydrogen-bond acceptors (Lipinski definition) is 3. The summed E-state index contributed by atoms with van der Waals surface area (Å²) in [6, 6.07) is 0. The van der Waals surface area contributed by atoms with Gasteiger partial charge in [-0.1, -0.05) is 10.7 Å². The molecule has 0 aromatic rings. The van der Waals surface area contributed by atoms with Crippen LogP contribution in [0.2, 0.25) is 0 Å². The highest BCUT2D eigenvalue weighted by Gasteiger charge is 2.16. The molecule has 1 rings (SSSR count). The summed E-state index contributed by atoms with van der Waals surface area (Å²) in [6.07, 6.45) is -0.414. The van der Waals surface area contributed by atoms with E-state index in [2.05, 4.69) is 9.68 Å². The molecule has 0 aromatic carbocycles. The summed E-state index contributed by atoms with van der Waals surface area (Å²) in [5.41, 5.74) is -0.433. The molecular formula is C9H18N2O2S. The van der Waals surface area contributed by atoms with Gasteiger partial charge >= 0.3 is 6.09 Å². The molecule has 4 nitrogen and oxygen atoms in total. The van der Waals surface area contributed by atoms with E-state index in [9.17, 15) is 4.79 Å². The standard InChI is InChI=1S/C9H18N2O2S/c1-9(2,3)13-8(12)11-14-6-4-10-5-7-14/h10H,4-7H2,1-3H3. The predicted molar refractivity (Wildman–Crippen MR) is 58.6 cm³/mol. The van der Waals surface area contributed by atoms with Crippen molar-refractivity contribution in [1.82, 2.24) is 5.32 Å². The third kappa shape index (κ3) is 4.72. The molecule has 0 unspecified atom stereocenters. The van der Waals surface area contributed by atoms with E-state index >= 15 is 0 Å². The fourth-order valence-electron chi connectivity index (χ4n) is 1.08. The van der Waals surface area contributed by atoms with Crippen LogP contribution in [0.1, 0.15) is 20.8 Å². The first-order valence-electron chi connectivity index (χ1n) is 4.80. The molecule has 0 aromatic heterocycles. The summed E-state index contributed by atoms with van der Waals surface area (Å²) in [6.45, 7) is 7.47. The second-order valence-corrected chi connectivity index (χ2v) is 6.12. The second kappa shape index (κ2) is 4.89. The molecule has 0 bridgehead atoms. The van der Waals surface area contributed by atoms with E-state index in [1.54, 1.807) is 0 Å². The van der Waals surface area contributed by atoms with Crippen molar-refractivity contribution in [2.45, 2.75) is 26.4 Å². The molecule has 1 saturated heterocycles. The molecule has 1 aliphatic heterocycles. The highest BCUT2D eigenvalue weighted by molar-refractivity contribution is 7.87. The zero-order valence-electron chi connectivity index (χ0n) is 9.00. The third-order valence-corrected chi connectivity index (χ3v) is 3.38. The minimum absolute atomic E-state index is 0.121. The summed E-state index contributed by atoms with van der Waals surface area (Å²) in [5.74, 6) is 1.92. The molecule has 82 valence electrons. The Kier molecular flexibility index (Phi) is 4.07. The van der Waals surface area contributed by atoms with Crippen LogP contribution >= 0.6 is 0 Å². The molecule has 5 heteroatoms. The number of nitrogens with zero attached hydrogens (tertiary/aromatic N) is 1. The van der Waals surface area contributed by atoms with E-state index < -0.39 is 11.7 Å². The molecule has 0 saturated carbocycles. The second-order valence-electron chi connectivity index (χ2n) is 4.19. The van der Waals surface area contributed by atoms with Crippen LogP contribution in [0, 0.1) is 0 Å². The smallest absolute Gasteiger partial charge is 0.440 e. The maximum absolute atomic E-state index is 11.3. The van der Waals surface area contributed by atoms with Crippen molar-refractivity contribution in [2.75, 3.05) is 24.6 Å². The monoisotopic (exact) mass is 218 g/mol. The van der Waals surface area contributed by atoms with Crippen molar-refractivity contribution in [1.29, 1.82) is 0 Å². The molecule has 0 radical (unpaired) electrons. The Morgan fingerprint density at radius 1 is 1.36 bits per heavy atom. The van der Waals surface area contributed by atoms with Crippen LogP contribution in [0.25, 0.3) is 0 Å². The number of carbonyl (C=O) groups excluding carboxylic acids is 1. The van der Waals surface area contributed by atoms with Gasteiger partial charge in [-0.05, 0) is 20.8 Å².